The average molecular weight is 243 g/mol. The molecule has 0 heterocycles. The molecule has 100 valence electrons. The van der Waals surface area contributed by atoms with Crippen molar-refractivity contribution in [3.63, 3.8) is 0 Å². The average Bonchev–Trinajstić information content (AvgIpc) is 2.16. The molecule has 0 aromatic rings. The fourth-order valence-electron chi connectivity index (χ4n) is 1.62. The summed E-state index contributed by atoms with van der Waals surface area (Å²) < 4.78 is 0. The van der Waals surface area contributed by atoms with Crippen molar-refractivity contribution in [1.82, 2.24) is 5.32 Å². The lowest BCUT2D eigenvalue weighted by molar-refractivity contribution is -0.139. The van der Waals surface area contributed by atoms with E-state index in [1.165, 1.54) is 0 Å². The molecule has 4 nitrogen and oxygen atoms in total. The van der Waals surface area contributed by atoms with E-state index in [9.17, 15) is 9.59 Å². The summed E-state index contributed by atoms with van der Waals surface area (Å²) >= 11 is 0. The van der Waals surface area contributed by atoms with Gasteiger partial charge in [0.25, 0.3) is 0 Å². The van der Waals surface area contributed by atoms with Crippen molar-refractivity contribution in [3.8, 4) is 0 Å². The van der Waals surface area contributed by atoms with Crippen molar-refractivity contribution in [2.45, 2.75) is 65.3 Å². The zero-order chi connectivity index (χ0) is 13.5. The normalized spacial score (nSPS) is 14.4. The first-order valence-electron chi connectivity index (χ1n) is 6.34. The smallest absolute Gasteiger partial charge is 0.305 e. The van der Waals surface area contributed by atoms with E-state index in [0.717, 1.165) is 19.3 Å². The second-order valence-electron chi connectivity index (χ2n) is 5.15. The summed E-state index contributed by atoms with van der Waals surface area (Å²) in [6.07, 6.45) is 3.41. The predicted molar refractivity (Wildman–Crippen MR) is 67.8 cm³/mol. The minimum absolute atomic E-state index is 0.0375. The highest BCUT2D eigenvalue weighted by Crippen LogP contribution is 2.21. The minimum atomic E-state index is -0.880. The Morgan fingerprint density at radius 3 is 2.29 bits per heavy atom. The molecule has 1 unspecified atom stereocenters. The van der Waals surface area contributed by atoms with Crippen LogP contribution in [0.15, 0.2) is 0 Å². The summed E-state index contributed by atoms with van der Waals surface area (Å²) in [5, 5.41) is 11.7. The van der Waals surface area contributed by atoms with Gasteiger partial charge in [-0.2, -0.15) is 0 Å². The number of nitrogens with one attached hydrogen (secondary N) is 1. The van der Waals surface area contributed by atoms with Crippen molar-refractivity contribution in [2.75, 3.05) is 0 Å². The number of rotatable bonds is 8. The summed E-state index contributed by atoms with van der Waals surface area (Å²) in [7, 11) is 0. The monoisotopic (exact) mass is 243 g/mol. The van der Waals surface area contributed by atoms with Gasteiger partial charge < -0.3 is 10.4 Å². The van der Waals surface area contributed by atoms with Crippen LogP contribution in [0.25, 0.3) is 0 Å². The molecule has 4 heteroatoms. The highest BCUT2D eigenvalue weighted by molar-refractivity contribution is 5.78. The van der Waals surface area contributed by atoms with Gasteiger partial charge in [0.2, 0.25) is 5.91 Å². The number of hydrogen-bond acceptors (Lipinski definition) is 2. The van der Waals surface area contributed by atoms with Gasteiger partial charge in [0, 0.05) is 12.0 Å². The number of carbonyl (C=O) groups excluding carboxylic acids is 1. The third-order valence-corrected chi connectivity index (χ3v) is 3.23. The summed E-state index contributed by atoms with van der Waals surface area (Å²) in [5.74, 6) is -0.834. The van der Waals surface area contributed by atoms with Crippen LogP contribution in [-0.2, 0) is 9.59 Å². The maximum atomic E-state index is 11.7. The topological polar surface area (TPSA) is 66.4 Å². The van der Waals surface area contributed by atoms with Crippen LogP contribution in [0.3, 0.4) is 0 Å². The molecule has 0 spiro atoms. The van der Waals surface area contributed by atoms with Gasteiger partial charge in [-0.05, 0) is 19.3 Å². The molecule has 1 atom stereocenters. The Hall–Kier alpha value is -1.06. The van der Waals surface area contributed by atoms with Gasteiger partial charge in [-0.3, -0.25) is 9.59 Å². The Morgan fingerprint density at radius 1 is 1.29 bits per heavy atom. The molecular weight excluding hydrogens is 218 g/mol. The lowest BCUT2D eigenvalue weighted by Gasteiger charge is -2.33. The summed E-state index contributed by atoms with van der Waals surface area (Å²) in [6.45, 7) is 7.73. The number of hydrogen-bond donors (Lipinski definition) is 2. The quantitative estimate of drug-likeness (QED) is 0.644. The number of carbonyl (C=O) groups is 2. The Morgan fingerprint density at radius 2 is 1.88 bits per heavy atom. The molecule has 0 aromatic heterocycles. The van der Waals surface area contributed by atoms with Gasteiger partial charge in [-0.25, -0.2) is 0 Å². The van der Waals surface area contributed by atoms with Crippen LogP contribution >= 0.6 is 0 Å². The Bertz CT molecular complexity index is 263. The molecule has 0 radical (unpaired) electrons. The van der Waals surface area contributed by atoms with Crippen molar-refractivity contribution >= 4 is 11.9 Å². The number of carboxylic acids is 1. The summed E-state index contributed by atoms with van der Waals surface area (Å²) in [6, 6.07) is 0. The third kappa shape index (κ3) is 6.29. The molecule has 0 aliphatic carbocycles. The lowest BCUT2D eigenvalue weighted by atomic mass is 9.85. The van der Waals surface area contributed by atoms with E-state index in [1.807, 2.05) is 13.8 Å². The highest BCUT2D eigenvalue weighted by Gasteiger charge is 2.32. The fourth-order valence-corrected chi connectivity index (χ4v) is 1.62. The third-order valence-electron chi connectivity index (χ3n) is 3.23. The van der Waals surface area contributed by atoms with E-state index in [-0.39, 0.29) is 18.2 Å². The number of aliphatic carboxylic acids is 1. The van der Waals surface area contributed by atoms with E-state index < -0.39 is 11.5 Å². The van der Waals surface area contributed by atoms with Gasteiger partial charge in [0.1, 0.15) is 0 Å². The van der Waals surface area contributed by atoms with E-state index in [4.69, 9.17) is 5.11 Å². The lowest BCUT2D eigenvalue weighted by Crippen LogP contribution is -2.51. The van der Waals surface area contributed by atoms with Crippen LogP contribution in [0, 0.1) is 5.92 Å². The molecule has 1 amide bonds. The highest BCUT2D eigenvalue weighted by atomic mass is 16.4. The van der Waals surface area contributed by atoms with Crippen molar-refractivity contribution in [3.05, 3.63) is 0 Å². The van der Waals surface area contributed by atoms with E-state index in [2.05, 4.69) is 12.2 Å². The van der Waals surface area contributed by atoms with Crippen molar-refractivity contribution < 1.29 is 14.7 Å². The summed E-state index contributed by atoms with van der Waals surface area (Å²) in [4.78, 5) is 22.5. The van der Waals surface area contributed by atoms with Gasteiger partial charge >= 0.3 is 5.97 Å². The molecule has 0 aromatic carbocycles. The second-order valence-corrected chi connectivity index (χ2v) is 5.15. The number of amides is 1. The largest absolute Gasteiger partial charge is 0.481 e. The molecule has 0 bridgehead atoms. The molecular formula is C13H25NO3. The second kappa shape index (κ2) is 7.30. The SMILES string of the molecule is CCCCCC(=O)NC(C)(CC(=O)O)C(C)C. The Balaban J connectivity index is 4.34. The van der Waals surface area contributed by atoms with Crippen LogP contribution in [-0.4, -0.2) is 22.5 Å². The Labute approximate surface area is 104 Å². The first-order chi connectivity index (χ1) is 7.81. The van der Waals surface area contributed by atoms with Crippen molar-refractivity contribution in [2.24, 2.45) is 5.92 Å². The molecule has 2 N–H and O–H groups in total. The molecule has 0 saturated carbocycles. The molecule has 0 aliphatic heterocycles. The standard InChI is InChI=1S/C13H25NO3/c1-5-6-7-8-11(15)14-13(4,10(2)3)9-12(16)17/h10H,5-9H2,1-4H3,(H,14,15)(H,16,17). The van der Waals surface area contributed by atoms with E-state index in [1.54, 1.807) is 6.92 Å². The van der Waals surface area contributed by atoms with Gasteiger partial charge in [-0.1, -0.05) is 33.6 Å². The fraction of sp³-hybridized carbons (Fsp3) is 0.846. The minimum Gasteiger partial charge on any atom is -0.481 e. The van der Waals surface area contributed by atoms with Crippen molar-refractivity contribution in [1.29, 1.82) is 0 Å². The van der Waals surface area contributed by atoms with Crippen LogP contribution in [0.2, 0.25) is 0 Å². The maximum absolute atomic E-state index is 11.7. The molecule has 0 aliphatic rings. The van der Waals surface area contributed by atoms with Crippen LogP contribution in [0.4, 0.5) is 0 Å². The van der Waals surface area contributed by atoms with Crippen LogP contribution in [0.5, 0.6) is 0 Å². The molecule has 0 rings (SSSR count). The predicted octanol–water partition coefficient (Wildman–Crippen LogP) is 2.57. The van der Waals surface area contributed by atoms with Gasteiger partial charge in [0.05, 0.1) is 6.42 Å². The van der Waals surface area contributed by atoms with Gasteiger partial charge in [0.15, 0.2) is 0 Å². The number of carboxylic acid groups (broad SMARTS) is 1. The van der Waals surface area contributed by atoms with E-state index >= 15 is 0 Å². The van der Waals surface area contributed by atoms with E-state index in [0.29, 0.717) is 6.42 Å². The first kappa shape index (κ1) is 15.9. The summed E-state index contributed by atoms with van der Waals surface area (Å²) in [5.41, 5.74) is -0.658. The van der Waals surface area contributed by atoms with Crippen LogP contribution in [0.1, 0.15) is 59.8 Å². The molecule has 0 saturated heterocycles. The zero-order valence-electron chi connectivity index (χ0n) is 11.4. The van der Waals surface area contributed by atoms with Crippen LogP contribution < -0.4 is 5.32 Å². The maximum Gasteiger partial charge on any atom is 0.305 e. The molecule has 17 heavy (non-hydrogen) atoms. The Kier molecular flexibility index (Phi) is 6.85. The zero-order valence-corrected chi connectivity index (χ0v) is 11.4. The first-order valence-corrected chi connectivity index (χ1v) is 6.34. The van der Waals surface area contributed by atoms with Gasteiger partial charge in [-0.15, -0.1) is 0 Å². The molecule has 0 fully saturated rings. The number of unbranched alkanes of at least 4 members (excludes halogenated alkanes) is 2.